The molecule has 0 aliphatic carbocycles. The zero-order valence-corrected chi connectivity index (χ0v) is 14.8. The predicted octanol–water partition coefficient (Wildman–Crippen LogP) is 3.98. The number of amides is 2. The standard InChI is InChI=1S/C19H19N3O4/c1-11-6-12(2)8-14(7-11)21-18(23)20-16-10-19(21,3)26-17-5-4-13(22(24)25)9-15(16)17/h4-9,16H,10H2,1-3H3,(H,20,23)/t16-,19-/m0/s1. The molecule has 0 saturated carbocycles. The van der Waals surface area contributed by atoms with Crippen LogP contribution in [0.3, 0.4) is 0 Å². The summed E-state index contributed by atoms with van der Waals surface area (Å²) in [6.45, 7) is 5.85. The van der Waals surface area contributed by atoms with E-state index in [2.05, 4.69) is 5.32 Å². The number of ether oxygens (including phenoxy) is 1. The number of hydrogen-bond acceptors (Lipinski definition) is 4. The molecule has 2 aliphatic rings. The van der Waals surface area contributed by atoms with Gasteiger partial charge in [-0.3, -0.25) is 15.0 Å². The van der Waals surface area contributed by atoms with Crippen LogP contribution in [0, 0.1) is 24.0 Å². The van der Waals surface area contributed by atoms with Crippen molar-refractivity contribution >= 4 is 17.4 Å². The molecule has 7 heteroatoms. The van der Waals surface area contributed by atoms with E-state index < -0.39 is 10.6 Å². The predicted molar refractivity (Wildman–Crippen MR) is 96.4 cm³/mol. The van der Waals surface area contributed by atoms with Crippen molar-refractivity contribution < 1.29 is 14.5 Å². The molecule has 26 heavy (non-hydrogen) atoms. The smallest absolute Gasteiger partial charge is 0.325 e. The lowest BCUT2D eigenvalue weighted by Crippen LogP contribution is -2.65. The van der Waals surface area contributed by atoms with Crippen molar-refractivity contribution in [2.24, 2.45) is 0 Å². The van der Waals surface area contributed by atoms with E-state index in [4.69, 9.17) is 4.74 Å². The Morgan fingerprint density at radius 2 is 1.92 bits per heavy atom. The van der Waals surface area contributed by atoms with E-state index in [9.17, 15) is 14.9 Å². The molecule has 2 amide bonds. The number of hydrogen-bond donors (Lipinski definition) is 1. The Morgan fingerprint density at radius 1 is 1.23 bits per heavy atom. The van der Waals surface area contributed by atoms with Crippen LogP contribution in [0.2, 0.25) is 0 Å². The summed E-state index contributed by atoms with van der Waals surface area (Å²) in [6.07, 6.45) is 0.500. The molecule has 2 heterocycles. The molecular formula is C19H19N3O4. The molecular weight excluding hydrogens is 334 g/mol. The number of benzene rings is 2. The van der Waals surface area contributed by atoms with Crippen molar-refractivity contribution in [2.45, 2.75) is 39.0 Å². The molecule has 2 bridgehead atoms. The number of nitro benzene ring substituents is 1. The molecule has 1 saturated heterocycles. The molecule has 2 aliphatic heterocycles. The summed E-state index contributed by atoms with van der Waals surface area (Å²) in [6, 6.07) is 9.86. The van der Waals surface area contributed by atoms with Crippen LogP contribution in [0.25, 0.3) is 0 Å². The third-order valence-electron chi connectivity index (χ3n) is 4.93. The monoisotopic (exact) mass is 353 g/mol. The molecule has 2 aromatic rings. The van der Waals surface area contributed by atoms with Crippen LogP contribution < -0.4 is 15.0 Å². The first-order valence-electron chi connectivity index (χ1n) is 8.43. The molecule has 2 atom stereocenters. The van der Waals surface area contributed by atoms with Crippen molar-refractivity contribution in [3.05, 3.63) is 63.2 Å². The van der Waals surface area contributed by atoms with E-state index in [0.29, 0.717) is 17.7 Å². The highest BCUT2D eigenvalue weighted by atomic mass is 16.6. The third-order valence-corrected chi connectivity index (χ3v) is 4.93. The molecule has 0 spiro atoms. The Morgan fingerprint density at radius 3 is 2.58 bits per heavy atom. The number of aryl methyl sites for hydroxylation is 2. The van der Waals surface area contributed by atoms with Gasteiger partial charge in [-0.05, 0) is 50.1 Å². The average Bonchev–Trinajstić information content (AvgIpc) is 2.52. The summed E-state index contributed by atoms with van der Waals surface area (Å²) in [4.78, 5) is 25.1. The topological polar surface area (TPSA) is 84.7 Å². The van der Waals surface area contributed by atoms with Crippen LogP contribution in [-0.2, 0) is 0 Å². The molecule has 0 aromatic heterocycles. The molecule has 1 fully saturated rings. The minimum atomic E-state index is -0.865. The number of nitrogens with one attached hydrogen (secondary N) is 1. The van der Waals surface area contributed by atoms with Crippen LogP contribution in [0.4, 0.5) is 16.2 Å². The first-order chi connectivity index (χ1) is 12.3. The summed E-state index contributed by atoms with van der Waals surface area (Å²) in [7, 11) is 0. The van der Waals surface area contributed by atoms with E-state index >= 15 is 0 Å². The molecule has 2 aromatic carbocycles. The molecule has 0 unspecified atom stereocenters. The van der Waals surface area contributed by atoms with E-state index in [1.807, 2.05) is 39.0 Å². The lowest BCUT2D eigenvalue weighted by atomic mass is 9.89. The van der Waals surface area contributed by atoms with Gasteiger partial charge in [0.15, 0.2) is 5.72 Å². The number of urea groups is 1. The quantitative estimate of drug-likeness (QED) is 0.654. The fourth-order valence-corrected chi connectivity index (χ4v) is 3.95. The molecule has 134 valence electrons. The van der Waals surface area contributed by atoms with E-state index in [1.54, 1.807) is 11.0 Å². The highest BCUT2D eigenvalue weighted by Gasteiger charge is 2.50. The van der Waals surface area contributed by atoms with Crippen LogP contribution in [0.1, 0.15) is 36.1 Å². The Hall–Kier alpha value is -3.09. The number of carbonyl (C=O) groups excluding carboxylic acids is 1. The van der Waals surface area contributed by atoms with Crippen molar-refractivity contribution in [1.29, 1.82) is 0 Å². The van der Waals surface area contributed by atoms with Crippen LogP contribution in [0.15, 0.2) is 36.4 Å². The minimum Gasteiger partial charge on any atom is -0.467 e. The second kappa shape index (κ2) is 5.45. The highest BCUT2D eigenvalue weighted by molar-refractivity contribution is 5.95. The number of rotatable bonds is 2. The Bertz CT molecular complexity index is 922. The Kier molecular flexibility index (Phi) is 3.44. The van der Waals surface area contributed by atoms with E-state index in [0.717, 1.165) is 16.8 Å². The van der Waals surface area contributed by atoms with Gasteiger partial charge in [-0.1, -0.05) is 6.07 Å². The fourth-order valence-electron chi connectivity index (χ4n) is 3.95. The van der Waals surface area contributed by atoms with Gasteiger partial charge in [0, 0.05) is 29.8 Å². The molecule has 1 N–H and O–H groups in total. The first-order valence-corrected chi connectivity index (χ1v) is 8.43. The Labute approximate surface area is 150 Å². The van der Waals surface area contributed by atoms with Crippen LogP contribution in [0.5, 0.6) is 5.75 Å². The average molecular weight is 353 g/mol. The zero-order valence-electron chi connectivity index (χ0n) is 14.8. The van der Waals surface area contributed by atoms with E-state index in [1.165, 1.54) is 12.1 Å². The van der Waals surface area contributed by atoms with Crippen LogP contribution >= 0.6 is 0 Å². The number of carbonyl (C=O) groups is 1. The summed E-state index contributed by atoms with van der Waals surface area (Å²) < 4.78 is 6.18. The molecule has 7 nitrogen and oxygen atoms in total. The van der Waals surface area contributed by atoms with Crippen LogP contribution in [-0.4, -0.2) is 16.7 Å². The van der Waals surface area contributed by atoms with E-state index in [-0.39, 0.29) is 17.8 Å². The SMILES string of the molecule is Cc1cc(C)cc(N2C(=O)N[C@H]3C[C@]2(C)Oc2ccc([N+](=O)[O-])cc23)c1. The first kappa shape index (κ1) is 16.4. The van der Waals surface area contributed by atoms with Gasteiger partial charge in [-0.15, -0.1) is 0 Å². The molecule has 4 rings (SSSR count). The third kappa shape index (κ3) is 2.47. The second-order valence-corrected chi connectivity index (χ2v) is 7.14. The Balaban J connectivity index is 1.79. The minimum absolute atomic E-state index is 0.0121. The molecule has 0 radical (unpaired) electrons. The van der Waals surface area contributed by atoms with Crippen molar-refractivity contribution in [3.63, 3.8) is 0 Å². The summed E-state index contributed by atoms with van der Waals surface area (Å²) in [5.74, 6) is 0.559. The van der Waals surface area contributed by atoms with Gasteiger partial charge in [0.1, 0.15) is 5.75 Å². The maximum atomic E-state index is 12.9. The fraction of sp³-hybridized carbons (Fsp3) is 0.316. The summed E-state index contributed by atoms with van der Waals surface area (Å²) >= 11 is 0. The number of fused-ring (bicyclic) bond motifs is 4. The maximum Gasteiger partial charge on any atom is 0.325 e. The normalized spacial score (nSPS) is 23.7. The van der Waals surface area contributed by atoms with Gasteiger partial charge >= 0.3 is 6.03 Å². The summed E-state index contributed by atoms with van der Waals surface area (Å²) in [5, 5.41) is 14.0. The lowest BCUT2D eigenvalue weighted by molar-refractivity contribution is -0.385. The number of non-ortho nitro benzene ring substituents is 1. The van der Waals surface area contributed by atoms with Gasteiger partial charge < -0.3 is 10.1 Å². The largest absolute Gasteiger partial charge is 0.467 e. The van der Waals surface area contributed by atoms with Gasteiger partial charge in [-0.2, -0.15) is 0 Å². The zero-order chi connectivity index (χ0) is 18.6. The number of anilines is 1. The van der Waals surface area contributed by atoms with Gasteiger partial charge in [-0.25, -0.2) is 4.79 Å². The lowest BCUT2D eigenvalue weighted by Gasteiger charge is -2.50. The van der Waals surface area contributed by atoms with Crippen molar-refractivity contribution in [3.8, 4) is 5.75 Å². The highest BCUT2D eigenvalue weighted by Crippen LogP contribution is 2.46. The maximum absolute atomic E-state index is 12.9. The second-order valence-electron chi connectivity index (χ2n) is 7.14. The van der Waals surface area contributed by atoms with Gasteiger partial charge in [0.05, 0.1) is 11.0 Å². The number of nitro groups is 1. The van der Waals surface area contributed by atoms with Gasteiger partial charge in [0.2, 0.25) is 0 Å². The summed E-state index contributed by atoms with van der Waals surface area (Å²) in [5.41, 5.74) is 2.66. The number of nitrogens with zero attached hydrogens (tertiary/aromatic N) is 2. The van der Waals surface area contributed by atoms with Crippen molar-refractivity contribution in [2.75, 3.05) is 4.90 Å². The van der Waals surface area contributed by atoms with Crippen molar-refractivity contribution in [1.82, 2.24) is 5.32 Å². The van der Waals surface area contributed by atoms with Gasteiger partial charge in [0.25, 0.3) is 5.69 Å².